The number of benzene rings is 1. The first-order valence-electron chi connectivity index (χ1n) is 6.73. The van der Waals surface area contributed by atoms with Crippen LogP contribution in [0.3, 0.4) is 0 Å². The first kappa shape index (κ1) is 13.4. The zero-order valence-electron chi connectivity index (χ0n) is 11.3. The summed E-state index contributed by atoms with van der Waals surface area (Å²) in [5, 5.41) is 9.27. The quantitative estimate of drug-likeness (QED) is 0.858. The lowest BCUT2D eigenvalue weighted by Crippen LogP contribution is -2.24. The fraction of sp³-hybridized carbons (Fsp3) is 0.312. The molecule has 1 aromatic carbocycles. The van der Waals surface area contributed by atoms with Gasteiger partial charge in [-0.2, -0.15) is 0 Å². The van der Waals surface area contributed by atoms with Gasteiger partial charge in [0.1, 0.15) is 5.75 Å². The summed E-state index contributed by atoms with van der Waals surface area (Å²) < 4.78 is 0. The maximum Gasteiger partial charge on any atom is 0.133 e. The lowest BCUT2D eigenvalue weighted by atomic mass is 10.2. The van der Waals surface area contributed by atoms with Crippen molar-refractivity contribution in [1.82, 2.24) is 4.98 Å². The maximum atomic E-state index is 9.27. The van der Waals surface area contributed by atoms with Gasteiger partial charge in [0.25, 0.3) is 0 Å². The number of hydrogen-bond donors (Lipinski definition) is 1. The summed E-state index contributed by atoms with van der Waals surface area (Å²) >= 11 is 0. The number of para-hydroxylation sites is 1. The van der Waals surface area contributed by atoms with Gasteiger partial charge in [-0.05, 0) is 30.7 Å². The number of aromatic hydroxyl groups is 1. The molecule has 100 valence electrons. The summed E-state index contributed by atoms with van der Waals surface area (Å²) in [6.45, 7) is 3.98. The SMILES string of the molecule is CCCCN(Cc1ccc(O)cn1)c1ccccc1. The number of aromatic nitrogens is 1. The van der Waals surface area contributed by atoms with Crippen molar-refractivity contribution in [3.8, 4) is 5.75 Å². The van der Waals surface area contributed by atoms with Gasteiger partial charge in [-0.1, -0.05) is 31.5 Å². The van der Waals surface area contributed by atoms with Crippen molar-refractivity contribution in [2.45, 2.75) is 26.3 Å². The van der Waals surface area contributed by atoms with Crippen molar-refractivity contribution < 1.29 is 5.11 Å². The van der Waals surface area contributed by atoms with Crippen molar-refractivity contribution in [3.63, 3.8) is 0 Å². The van der Waals surface area contributed by atoms with Crippen LogP contribution >= 0.6 is 0 Å². The molecule has 0 aliphatic heterocycles. The van der Waals surface area contributed by atoms with Gasteiger partial charge in [-0.15, -0.1) is 0 Å². The minimum atomic E-state index is 0.212. The summed E-state index contributed by atoms with van der Waals surface area (Å²) in [6, 6.07) is 13.9. The third kappa shape index (κ3) is 3.98. The molecular formula is C16H20N2O. The standard InChI is InChI=1S/C16H20N2O/c1-2-3-11-18(15-7-5-4-6-8-15)13-14-9-10-16(19)12-17-14/h4-10,12,19H,2-3,11,13H2,1H3. The molecule has 0 amide bonds. The molecule has 0 unspecified atom stereocenters. The van der Waals surface area contributed by atoms with Crippen LogP contribution in [-0.4, -0.2) is 16.6 Å². The van der Waals surface area contributed by atoms with Gasteiger partial charge in [-0.25, -0.2) is 0 Å². The molecule has 1 heterocycles. The molecule has 0 radical (unpaired) electrons. The number of pyridine rings is 1. The van der Waals surface area contributed by atoms with Gasteiger partial charge in [-0.3, -0.25) is 4.98 Å². The topological polar surface area (TPSA) is 36.4 Å². The van der Waals surface area contributed by atoms with Crippen LogP contribution in [0.5, 0.6) is 5.75 Å². The molecule has 1 N–H and O–H groups in total. The highest BCUT2D eigenvalue weighted by Gasteiger charge is 2.07. The first-order chi connectivity index (χ1) is 9.29. The zero-order chi connectivity index (χ0) is 13.5. The van der Waals surface area contributed by atoms with E-state index in [4.69, 9.17) is 0 Å². The predicted octanol–water partition coefficient (Wildman–Crippen LogP) is 3.59. The molecule has 2 rings (SSSR count). The van der Waals surface area contributed by atoms with E-state index in [1.165, 1.54) is 18.3 Å². The Hall–Kier alpha value is -2.03. The van der Waals surface area contributed by atoms with Gasteiger partial charge in [0.15, 0.2) is 0 Å². The second-order valence-electron chi connectivity index (χ2n) is 4.62. The minimum Gasteiger partial charge on any atom is -0.506 e. The Kier molecular flexibility index (Phi) is 4.78. The summed E-state index contributed by atoms with van der Waals surface area (Å²) in [4.78, 5) is 6.58. The van der Waals surface area contributed by atoms with Crippen LogP contribution in [0.25, 0.3) is 0 Å². The van der Waals surface area contributed by atoms with Crippen molar-refractivity contribution in [2.75, 3.05) is 11.4 Å². The molecule has 0 aliphatic rings. The monoisotopic (exact) mass is 256 g/mol. The van der Waals surface area contributed by atoms with Crippen LogP contribution in [0.4, 0.5) is 5.69 Å². The number of unbranched alkanes of at least 4 members (excludes halogenated alkanes) is 1. The molecule has 0 aliphatic carbocycles. The number of rotatable bonds is 6. The van der Waals surface area contributed by atoms with E-state index in [1.807, 2.05) is 12.1 Å². The molecule has 0 bridgehead atoms. The molecule has 0 spiro atoms. The van der Waals surface area contributed by atoms with E-state index in [-0.39, 0.29) is 5.75 Å². The highest BCUT2D eigenvalue weighted by molar-refractivity contribution is 5.46. The Morgan fingerprint density at radius 3 is 2.53 bits per heavy atom. The molecule has 3 heteroatoms. The Morgan fingerprint density at radius 1 is 1.11 bits per heavy atom. The van der Waals surface area contributed by atoms with Crippen LogP contribution in [0, 0.1) is 0 Å². The van der Waals surface area contributed by atoms with Gasteiger partial charge >= 0.3 is 0 Å². The normalized spacial score (nSPS) is 10.4. The molecule has 0 saturated heterocycles. The first-order valence-corrected chi connectivity index (χ1v) is 6.73. The van der Waals surface area contributed by atoms with E-state index in [0.717, 1.165) is 25.2 Å². The summed E-state index contributed by atoms with van der Waals surface area (Å²) in [6.07, 6.45) is 3.83. The lowest BCUT2D eigenvalue weighted by Gasteiger charge is -2.24. The molecule has 1 aromatic heterocycles. The lowest BCUT2D eigenvalue weighted by molar-refractivity contribution is 0.472. The van der Waals surface area contributed by atoms with Gasteiger partial charge in [0.05, 0.1) is 18.4 Å². The van der Waals surface area contributed by atoms with E-state index >= 15 is 0 Å². The Balaban J connectivity index is 2.11. The highest BCUT2D eigenvalue weighted by Crippen LogP contribution is 2.17. The summed E-state index contributed by atoms with van der Waals surface area (Å²) in [5.41, 5.74) is 2.18. The largest absolute Gasteiger partial charge is 0.506 e. The fourth-order valence-corrected chi connectivity index (χ4v) is 1.99. The van der Waals surface area contributed by atoms with Crippen molar-refractivity contribution in [3.05, 3.63) is 54.4 Å². The van der Waals surface area contributed by atoms with Gasteiger partial charge < -0.3 is 10.0 Å². The number of anilines is 1. The Bertz CT molecular complexity index is 482. The smallest absolute Gasteiger partial charge is 0.133 e. The zero-order valence-corrected chi connectivity index (χ0v) is 11.3. The molecule has 2 aromatic rings. The van der Waals surface area contributed by atoms with Gasteiger partial charge in [0.2, 0.25) is 0 Å². The van der Waals surface area contributed by atoms with E-state index < -0.39 is 0 Å². The third-order valence-corrected chi connectivity index (χ3v) is 3.06. The van der Waals surface area contributed by atoms with Crippen LogP contribution in [0.2, 0.25) is 0 Å². The Morgan fingerprint density at radius 2 is 1.89 bits per heavy atom. The predicted molar refractivity (Wildman–Crippen MR) is 78.3 cm³/mol. The highest BCUT2D eigenvalue weighted by atomic mass is 16.3. The number of nitrogens with zero attached hydrogens (tertiary/aromatic N) is 2. The van der Waals surface area contributed by atoms with E-state index in [9.17, 15) is 5.11 Å². The van der Waals surface area contributed by atoms with Crippen LogP contribution < -0.4 is 4.90 Å². The summed E-state index contributed by atoms with van der Waals surface area (Å²) in [5.74, 6) is 0.212. The Labute approximate surface area is 114 Å². The van der Waals surface area contributed by atoms with Crippen molar-refractivity contribution in [2.24, 2.45) is 0 Å². The van der Waals surface area contributed by atoms with Crippen LogP contribution in [0.15, 0.2) is 48.7 Å². The molecule has 3 nitrogen and oxygen atoms in total. The van der Waals surface area contributed by atoms with Crippen LogP contribution in [0.1, 0.15) is 25.5 Å². The maximum absolute atomic E-state index is 9.27. The van der Waals surface area contributed by atoms with Gasteiger partial charge in [0, 0.05) is 12.2 Å². The number of hydrogen-bond acceptors (Lipinski definition) is 3. The third-order valence-electron chi connectivity index (χ3n) is 3.06. The minimum absolute atomic E-state index is 0.212. The molecule has 0 atom stereocenters. The molecule has 0 saturated carbocycles. The van der Waals surface area contributed by atoms with Crippen molar-refractivity contribution >= 4 is 5.69 Å². The summed E-state index contributed by atoms with van der Waals surface area (Å²) in [7, 11) is 0. The molecular weight excluding hydrogens is 236 g/mol. The second-order valence-corrected chi connectivity index (χ2v) is 4.62. The van der Waals surface area contributed by atoms with E-state index in [0.29, 0.717) is 0 Å². The average molecular weight is 256 g/mol. The molecule has 19 heavy (non-hydrogen) atoms. The van der Waals surface area contributed by atoms with E-state index in [1.54, 1.807) is 6.07 Å². The van der Waals surface area contributed by atoms with Crippen LogP contribution in [-0.2, 0) is 6.54 Å². The molecule has 0 fully saturated rings. The van der Waals surface area contributed by atoms with E-state index in [2.05, 4.69) is 41.1 Å². The average Bonchev–Trinajstić information content (AvgIpc) is 2.46. The second kappa shape index (κ2) is 6.78. The van der Waals surface area contributed by atoms with Crippen molar-refractivity contribution in [1.29, 1.82) is 0 Å². The fourth-order valence-electron chi connectivity index (χ4n) is 1.99.